The topological polar surface area (TPSA) is 59.1 Å². The van der Waals surface area contributed by atoms with E-state index in [-0.39, 0.29) is 16.8 Å². The number of thiazole rings is 1. The first-order valence-corrected chi connectivity index (χ1v) is 6.74. The van der Waals surface area contributed by atoms with Crippen LogP contribution < -0.4 is 5.32 Å². The molecule has 0 saturated heterocycles. The van der Waals surface area contributed by atoms with Gasteiger partial charge >= 0.3 is 0 Å². The molecule has 1 aromatic carbocycles. The number of para-hydroxylation sites is 1. The zero-order valence-corrected chi connectivity index (χ0v) is 10.7. The van der Waals surface area contributed by atoms with Crippen molar-refractivity contribution in [2.45, 2.75) is 6.92 Å². The van der Waals surface area contributed by atoms with Gasteiger partial charge in [0.1, 0.15) is 0 Å². The second-order valence-electron chi connectivity index (χ2n) is 3.32. The summed E-state index contributed by atoms with van der Waals surface area (Å²) < 4.78 is 1.03. The number of carbonyl (C=O) groups is 2. The highest BCUT2D eigenvalue weighted by molar-refractivity contribution is 8.14. The zero-order chi connectivity index (χ0) is 12.3. The summed E-state index contributed by atoms with van der Waals surface area (Å²) in [6.45, 7) is 1.44. The monoisotopic (exact) mass is 266 g/mol. The number of amides is 1. The average molecular weight is 266 g/mol. The van der Waals surface area contributed by atoms with E-state index in [1.807, 2.05) is 24.3 Å². The van der Waals surface area contributed by atoms with E-state index in [2.05, 4.69) is 10.3 Å². The van der Waals surface area contributed by atoms with Crippen molar-refractivity contribution in [3.63, 3.8) is 0 Å². The molecule has 0 saturated carbocycles. The van der Waals surface area contributed by atoms with E-state index in [1.54, 1.807) is 0 Å². The smallest absolute Gasteiger partial charge is 0.236 e. The van der Waals surface area contributed by atoms with E-state index in [9.17, 15) is 9.59 Å². The number of hydrogen-bond acceptors (Lipinski definition) is 5. The van der Waals surface area contributed by atoms with Gasteiger partial charge in [0.2, 0.25) is 5.91 Å². The molecule has 0 spiro atoms. The molecule has 88 valence electrons. The van der Waals surface area contributed by atoms with Crippen LogP contribution in [0.4, 0.5) is 5.13 Å². The molecule has 6 heteroatoms. The van der Waals surface area contributed by atoms with Gasteiger partial charge in [0.15, 0.2) is 10.2 Å². The van der Waals surface area contributed by atoms with Gasteiger partial charge in [-0.15, -0.1) is 0 Å². The van der Waals surface area contributed by atoms with Gasteiger partial charge in [-0.25, -0.2) is 4.98 Å². The molecule has 1 aromatic heterocycles. The molecule has 1 heterocycles. The first-order chi connectivity index (χ1) is 8.15. The third kappa shape index (κ3) is 3.28. The maximum atomic E-state index is 11.5. The van der Waals surface area contributed by atoms with Gasteiger partial charge in [0, 0.05) is 6.92 Å². The maximum Gasteiger partial charge on any atom is 0.236 e. The average Bonchev–Trinajstić information content (AvgIpc) is 2.68. The van der Waals surface area contributed by atoms with Crippen LogP contribution in [0.2, 0.25) is 0 Å². The van der Waals surface area contributed by atoms with E-state index in [4.69, 9.17) is 0 Å². The van der Waals surface area contributed by atoms with Crippen molar-refractivity contribution in [1.82, 2.24) is 4.98 Å². The molecular weight excluding hydrogens is 256 g/mol. The summed E-state index contributed by atoms with van der Waals surface area (Å²) in [5.74, 6) is -0.0742. The van der Waals surface area contributed by atoms with Crippen LogP contribution in [0.25, 0.3) is 10.2 Å². The van der Waals surface area contributed by atoms with Crippen molar-refractivity contribution in [2.24, 2.45) is 0 Å². The molecule has 2 aromatic rings. The van der Waals surface area contributed by atoms with E-state index in [0.717, 1.165) is 22.0 Å². The number of carbonyl (C=O) groups excluding carboxylic acids is 2. The summed E-state index contributed by atoms with van der Waals surface area (Å²) in [5, 5.41) is 3.19. The fourth-order valence-electron chi connectivity index (χ4n) is 1.25. The molecule has 0 bridgehead atoms. The Morgan fingerprint density at radius 1 is 1.41 bits per heavy atom. The highest BCUT2D eigenvalue weighted by Crippen LogP contribution is 2.25. The summed E-state index contributed by atoms with van der Waals surface area (Å²) in [6, 6.07) is 7.68. The summed E-state index contributed by atoms with van der Waals surface area (Å²) in [6.07, 6.45) is 0. The highest BCUT2D eigenvalue weighted by atomic mass is 32.2. The molecule has 4 nitrogen and oxygen atoms in total. The van der Waals surface area contributed by atoms with Crippen LogP contribution in [0.5, 0.6) is 0 Å². The van der Waals surface area contributed by atoms with Crippen LogP contribution >= 0.6 is 23.1 Å². The van der Waals surface area contributed by atoms with Gasteiger partial charge in [-0.05, 0) is 12.1 Å². The molecule has 0 fully saturated rings. The lowest BCUT2D eigenvalue weighted by Gasteiger charge is -1.98. The molecule has 0 aliphatic rings. The standard InChI is InChI=1S/C11H10N2O2S2/c1-7(14)16-6-10(15)13-11-12-8-4-2-3-5-9(8)17-11/h2-5H,6H2,1H3,(H,12,13,15). The molecule has 17 heavy (non-hydrogen) atoms. The van der Waals surface area contributed by atoms with E-state index < -0.39 is 0 Å². The molecule has 0 atom stereocenters. The van der Waals surface area contributed by atoms with Gasteiger partial charge in [0.05, 0.1) is 16.0 Å². The number of nitrogens with zero attached hydrogens (tertiary/aromatic N) is 1. The van der Waals surface area contributed by atoms with Crippen LogP contribution in [0.15, 0.2) is 24.3 Å². The molecule has 0 unspecified atom stereocenters. The van der Waals surface area contributed by atoms with Crippen LogP contribution in [0.3, 0.4) is 0 Å². The van der Waals surface area contributed by atoms with E-state index in [0.29, 0.717) is 5.13 Å². The molecule has 1 amide bonds. The number of benzene rings is 1. The minimum atomic E-state index is -0.204. The number of aromatic nitrogens is 1. The number of fused-ring (bicyclic) bond motifs is 1. The van der Waals surface area contributed by atoms with Crippen LogP contribution in [-0.2, 0) is 9.59 Å². The van der Waals surface area contributed by atoms with Crippen molar-refractivity contribution >= 4 is 49.5 Å². The number of anilines is 1. The third-order valence-corrected chi connectivity index (χ3v) is 3.71. The minimum Gasteiger partial charge on any atom is -0.301 e. The predicted molar refractivity (Wildman–Crippen MR) is 71.4 cm³/mol. The largest absolute Gasteiger partial charge is 0.301 e. The Morgan fingerprint density at radius 2 is 2.18 bits per heavy atom. The summed E-state index contributed by atoms with van der Waals surface area (Å²) in [7, 11) is 0. The van der Waals surface area contributed by atoms with Crippen molar-refractivity contribution in [3.8, 4) is 0 Å². The highest BCUT2D eigenvalue weighted by Gasteiger charge is 2.08. The number of nitrogens with one attached hydrogen (secondary N) is 1. The van der Waals surface area contributed by atoms with Gasteiger partial charge < -0.3 is 5.32 Å². The minimum absolute atomic E-state index is 0.0653. The van der Waals surface area contributed by atoms with Gasteiger partial charge in [0.25, 0.3) is 0 Å². The summed E-state index contributed by atoms with van der Waals surface area (Å²) in [5.41, 5.74) is 0.868. The van der Waals surface area contributed by atoms with Crippen molar-refractivity contribution in [1.29, 1.82) is 0 Å². The van der Waals surface area contributed by atoms with Crippen LogP contribution in [0.1, 0.15) is 6.92 Å². The Bertz CT molecular complexity index is 532. The van der Waals surface area contributed by atoms with Crippen LogP contribution in [-0.4, -0.2) is 21.8 Å². The molecule has 0 aliphatic heterocycles. The zero-order valence-electron chi connectivity index (χ0n) is 9.10. The molecule has 1 N–H and O–H groups in total. The van der Waals surface area contributed by atoms with Crippen molar-refractivity contribution < 1.29 is 9.59 Å². The van der Waals surface area contributed by atoms with Gasteiger partial charge in [-0.1, -0.05) is 35.2 Å². The SMILES string of the molecule is CC(=O)SCC(=O)Nc1nc2ccccc2s1. The molecule has 0 radical (unpaired) electrons. The Hall–Kier alpha value is -1.40. The van der Waals surface area contributed by atoms with E-state index >= 15 is 0 Å². The fourth-order valence-corrected chi connectivity index (χ4v) is 2.54. The normalized spacial score (nSPS) is 10.4. The Balaban J connectivity index is 2.03. The second-order valence-corrected chi connectivity index (χ2v) is 5.50. The Morgan fingerprint density at radius 3 is 2.88 bits per heavy atom. The number of thioether (sulfide) groups is 1. The molecular formula is C11H10N2O2S2. The van der Waals surface area contributed by atoms with Crippen LogP contribution in [0, 0.1) is 0 Å². The Kier molecular flexibility index (Phi) is 3.75. The van der Waals surface area contributed by atoms with Crippen molar-refractivity contribution in [2.75, 3.05) is 11.1 Å². The number of hydrogen-bond donors (Lipinski definition) is 1. The summed E-state index contributed by atoms with van der Waals surface area (Å²) in [4.78, 5) is 26.5. The lowest BCUT2D eigenvalue weighted by molar-refractivity contribution is -0.114. The molecule has 2 rings (SSSR count). The summed E-state index contributed by atoms with van der Waals surface area (Å²) >= 11 is 2.41. The lowest BCUT2D eigenvalue weighted by atomic mass is 10.3. The Labute approximate surface area is 106 Å². The quantitative estimate of drug-likeness (QED) is 0.927. The third-order valence-electron chi connectivity index (χ3n) is 1.95. The van der Waals surface area contributed by atoms with Crippen molar-refractivity contribution in [3.05, 3.63) is 24.3 Å². The fraction of sp³-hybridized carbons (Fsp3) is 0.182. The first kappa shape index (κ1) is 12.1. The second kappa shape index (κ2) is 5.29. The van der Waals surface area contributed by atoms with Gasteiger partial charge in [-0.2, -0.15) is 0 Å². The lowest BCUT2D eigenvalue weighted by Crippen LogP contribution is -2.14. The number of rotatable bonds is 3. The molecule has 0 aliphatic carbocycles. The first-order valence-electron chi connectivity index (χ1n) is 4.94. The van der Waals surface area contributed by atoms with E-state index in [1.165, 1.54) is 18.3 Å². The maximum absolute atomic E-state index is 11.5. The predicted octanol–water partition coefficient (Wildman–Crippen LogP) is 2.51. The van der Waals surface area contributed by atoms with Gasteiger partial charge in [-0.3, -0.25) is 9.59 Å².